The summed E-state index contributed by atoms with van der Waals surface area (Å²) in [4.78, 5) is 14.9. The summed E-state index contributed by atoms with van der Waals surface area (Å²) in [7, 11) is 0. The maximum absolute atomic E-state index is 12.2. The number of ether oxygens (including phenoxy) is 1. The molecule has 1 heterocycles. The van der Waals surface area contributed by atoms with Gasteiger partial charge in [0.2, 0.25) is 0 Å². The normalized spacial score (nSPS) is 9.90. The van der Waals surface area contributed by atoms with Gasteiger partial charge in [0.1, 0.15) is 27.7 Å². The molecule has 0 spiro atoms. The number of carbonyl (C=O) groups excluding carboxylic acids is 1. The molecule has 1 aromatic carbocycles. The average molecular weight is 299 g/mol. The van der Waals surface area contributed by atoms with Crippen molar-refractivity contribution in [2.45, 2.75) is 6.92 Å². The van der Waals surface area contributed by atoms with E-state index in [4.69, 9.17) is 22.7 Å². The molecule has 21 heavy (non-hydrogen) atoms. The minimum atomic E-state index is -0.575. The van der Waals surface area contributed by atoms with E-state index < -0.39 is 5.97 Å². The van der Waals surface area contributed by atoms with E-state index in [-0.39, 0.29) is 28.2 Å². The van der Waals surface area contributed by atoms with Crippen molar-refractivity contribution in [3.05, 3.63) is 46.1 Å². The van der Waals surface area contributed by atoms with Gasteiger partial charge < -0.3 is 15.5 Å². The standard InChI is InChI=1S/C15H13N3O2S/c1-2-20-15(19)12-11(9-6-4-3-5-7-9)10(8-16)13(17)18-14(12)21/h3-7H,2H2,1H3,(H3,17,18,21). The lowest BCUT2D eigenvalue weighted by Gasteiger charge is -2.13. The van der Waals surface area contributed by atoms with Gasteiger partial charge in [0, 0.05) is 5.56 Å². The third-order valence-electron chi connectivity index (χ3n) is 2.90. The zero-order valence-corrected chi connectivity index (χ0v) is 12.2. The van der Waals surface area contributed by atoms with E-state index in [1.807, 2.05) is 12.1 Å². The van der Waals surface area contributed by atoms with Gasteiger partial charge in [-0.25, -0.2) is 4.79 Å². The Morgan fingerprint density at radius 3 is 2.67 bits per heavy atom. The van der Waals surface area contributed by atoms with Crippen LogP contribution in [0.4, 0.5) is 5.82 Å². The molecule has 0 radical (unpaired) electrons. The summed E-state index contributed by atoms with van der Waals surface area (Å²) in [6, 6.07) is 11.0. The van der Waals surface area contributed by atoms with Crippen molar-refractivity contribution in [1.82, 2.24) is 4.98 Å². The molecule has 0 aliphatic rings. The van der Waals surface area contributed by atoms with Gasteiger partial charge in [0.05, 0.1) is 6.61 Å². The lowest BCUT2D eigenvalue weighted by Crippen LogP contribution is -2.11. The fraction of sp³-hybridized carbons (Fsp3) is 0.133. The molecule has 0 aliphatic carbocycles. The Labute approximate surface area is 127 Å². The highest BCUT2D eigenvalue weighted by Gasteiger charge is 2.22. The molecule has 6 heteroatoms. The minimum absolute atomic E-state index is 0.134. The number of hydrogen-bond donors (Lipinski definition) is 2. The van der Waals surface area contributed by atoms with Gasteiger partial charge in [-0.2, -0.15) is 5.26 Å². The number of anilines is 1. The summed E-state index contributed by atoms with van der Waals surface area (Å²) in [5, 5.41) is 9.35. The Morgan fingerprint density at radius 1 is 1.43 bits per heavy atom. The lowest BCUT2D eigenvalue weighted by atomic mass is 9.96. The maximum Gasteiger partial charge on any atom is 0.341 e. The van der Waals surface area contributed by atoms with E-state index in [9.17, 15) is 10.1 Å². The number of pyridine rings is 1. The Kier molecular flexibility index (Phi) is 4.36. The van der Waals surface area contributed by atoms with Crippen LogP contribution in [0.1, 0.15) is 22.8 Å². The van der Waals surface area contributed by atoms with Crippen molar-refractivity contribution in [2.75, 3.05) is 12.3 Å². The molecule has 106 valence electrons. The summed E-state index contributed by atoms with van der Waals surface area (Å²) >= 11 is 5.18. The molecule has 0 unspecified atom stereocenters. The predicted octanol–water partition coefficient (Wildman–Crippen LogP) is 3.04. The second-order valence-electron chi connectivity index (χ2n) is 4.19. The zero-order valence-electron chi connectivity index (χ0n) is 11.3. The number of aromatic amines is 1. The molecule has 2 aromatic rings. The number of H-pyrrole nitrogens is 1. The maximum atomic E-state index is 12.2. The fourth-order valence-electron chi connectivity index (χ4n) is 2.03. The Balaban J connectivity index is 2.85. The first kappa shape index (κ1) is 14.8. The van der Waals surface area contributed by atoms with Gasteiger partial charge in [-0.15, -0.1) is 0 Å². The first-order chi connectivity index (χ1) is 10.1. The highest BCUT2D eigenvalue weighted by molar-refractivity contribution is 7.71. The van der Waals surface area contributed by atoms with Crippen LogP contribution in [0.5, 0.6) is 0 Å². The van der Waals surface area contributed by atoms with E-state index in [0.29, 0.717) is 11.1 Å². The molecule has 2 rings (SSSR count). The van der Waals surface area contributed by atoms with Gasteiger partial charge in [-0.1, -0.05) is 42.5 Å². The number of nitriles is 1. The molecular weight excluding hydrogens is 286 g/mol. The number of hydrogen-bond acceptors (Lipinski definition) is 5. The molecule has 0 fully saturated rings. The van der Waals surface area contributed by atoms with E-state index in [0.717, 1.165) is 0 Å². The second kappa shape index (κ2) is 6.20. The molecule has 1 aromatic heterocycles. The van der Waals surface area contributed by atoms with Crippen LogP contribution >= 0.6 is 12.2 Å². The molecule has 3 N–H and O–H groups in total. The first-order valence-corrected chi connectivity index (χ1v) is 6.69. The number of nitrogens with one attached hydrogen (secondary N) is 1. The van der Waals surface area contributed by atoms with E-state index >= 15 is 0 Å². The quantitative estimate of drug-likeness (QED) is 0.671. The van der Waals surface area contributed by atoms with Crippen LogP contribution in [0.2, 0.25) is 0 Å². The van der Waals surface area contributed by atoms with Crippen LogP contribution in [-0.4, -0.2) is 17.6 Å². The highest BCUT2D eigenvalue weighted by Crippen LogP contribution is 2.31. The number of rotatable bonds is 3. The van der Waals surface area contributed by atoms with E-state index in [2.05, 4.69) is 4.98 Å². The molecule has 0 bridgehead atoms. The van der Waals surface area contributed by atoms with Gasteiger partial charge in [-0.05, 0) is 12.5 Å². The second-order valence-corrected chi connectivity index (χ2v) is 4.60. The highest BCUT2D eigenvalue weighted by atomic mass is 32.1. The monoisotopic (exact) mass is 299 g/mol. The first-order valence-electron chi connectivity index (χ1n) is 6.28. The number of nitrogens with two attached hydrogens (primary N) is 1. The third kappa shape index (κ3) is 2.78. The lowest BCUT2D eigenvalue weighted by molar-refractivity contribution is 0.0526. The smallest absolute Gasteiger partial charge is 0.341 e. The number of carbonyl (C=O) groups is 1. The van der Waals surface area contributed by atoms with Gasteiger partial charge >= 0.3 is 5.97 Å². The number of aromatic nitrogens is 1. The molecule has 0 amide bonds. The van der Waals surface area contributed by atoms with Crippen molar-refractivity contribution < 1.29 is 9.53 Å². The number of nitrogen functional groups attached to an aromatic ring is 1. The largest absolute Gasteiger partial charge is 0.462 e. The molecule has 5 nitrogen and oxygen atoms in total. The van der Waals surface area contributed by atoms with Crippen molar-refractivity contribution in [1.29, 1.82) is 5.26 Å². The minimum Gasteiger partial charge on any atom is -0.462 e. The topological polar surface area (TPSA) is 91.9 Å². The zero-order chi connectivity index (χ0) is 15.4. The van der Waals surface area contributed by atoms with E-state index in [1.54, 1.807) is 31.2 Å². The molecule has 0 saturated heterocycles. The summed E-state index contributed by atoms with van der Waals surface area (Å²) in [5.74, 6) is -0.441. The van der Waals surface area contributed by atoms with Crippen LogP contribution in [0.25, 0.3) is 11.1 Å². The SMILES string of the molecule is CCOC(=O)c1c(-c2ccccc2)c(C#N)c(N)[nH]c1=S. The number of benzene rings is 1. The van der Waals surface area contributed by atoms with Crippen LogP contribution in [0, 0.1) is 16.0 Å². The predicted molar refractivity (Wildman–Crippen MR) is 82.1 cm³/mol. The van der Waals surface area contributed by atoms with Crippen LogP contribution in [-0.2, 0) is 4.74 Å². The van der Waals surface area contributed by atoms with Crippen LogP contribution in [0.15, 0.2) is 30.3 Å². The van der Waals surface area contributed by atoms with Crippen LogP contribution in [0.3, 0.4) is 0 Å². The summed E-state index contributed by atoms with van der Waals surface area (Å²) < 4.78 is 5.19. The Morgan fingerprint density at radius 2 is 2.10 bits per heavy atom. The van der Waals surface area contributed by atoms with Crippen molar-refractivity contribution in [3.63, 3.8) is 0 Å². The van der Waals surface area contributed by atoms with Crippen molar-refractivity contribution >= 4 is 24.0 Å². The summed E-state index contributed by atoms with van der Waals surface area (Å²) in [6.45, 7) is 1.92. The Hall–Kier alpha value is -2.65. The summed E-state index contributed by atoms with van der Waals surface area (Å²) in [5.41, 5.74) is 7.24. The van der Waals surface area contributed by atoms with Gasteiger partial charge in [-0.3, -0.25) is 0 Å². The molecule has 0 aliphatic heterocycles. The average Bonchev–Trinajstić information content (AvgIpc) is 2.47. The summed E-state index contributed by atoms with van der Waals surface area (Å²) in [6.07, 6.45) is 0. The number of esters is 1. The third-order valence-corrected chi connectivity index (χ3v) is 3.20. The van der Waals surface area contributed by atoms with Crippen molar-refractivity contribution in [3.8, 4) is 17.2 Å². The van der Waals surface area contributed by atoms with E-state index in [1.165, 1.54) is 0 Å². The fourth-order valence-corrected chi connectivity index (χ4v) is 2.32. The number of nitrogens with zero attached hydrogens (tertiary/aromatic N) is 1. The molecule has 0 saturated carbocycles. The Bertz CT molecular complexity index is 776. The molecular formula is C15H13N3O2S. The van der Waals surface area contributed by atoms with Crippen LogP contribution < -0.4 is 5.73 Å². The van der Waals surface area contributed by atoms with Gasteiger partial charge in [0.25, 0.3) is 0 Å². The molecule has 0 atom stereocenters. The van der Waals surface area contributed by atoms with Crippen molar-refractivity contribution in [2.24, 2.45) is 0 Å². The van der Waals surface area contributed by atoms with Gasteiger partial charge in [0.15, 0.2) is 0 Å².